The van der Waals surface area contributed by atoms with Crippen LogP contribution in [0.3, 0.4) is 0 Å². The van der Waals surface area contributed by atoms with Crippen LogP contribution >= 0.6 is 0 Å². The van der Waals surface area contributed by atoms with E-state index >= 15 is 0 Å². The Morgan fingerprint density at radius 2 is 2.32 bits per heavy atom. The largest absolute Gasteiger partial charge is 0.491 e. The van der Waals surface area contributed by atoms with Crippen molar-refractivity contribution in [1.82, 2.24) is 0 Å². The third-order valence-corrected chi connectivity index (χ3v) is 3.39. The average Bonchev–Trinajstić information content (AvgIpc) is 2.88. The molecule has 1 aromatic rings. The molecule has 1 unspecified atom stereocenters. The van der Waals surface area contributed by atoms with E-state index in [0.717, 1.165) is 25.0 Å². The average molecular weight is 264 g/mol. The van der Waals surface area contributed by atoms with Crippen molar-refractivity contribution < 1.29 is 24.1 Å². The van der Waals surface area contributed by atoms with Crippen LogP contribution in [0.4, 0.5) is 0 Å². The molecule has 5 heteroatoms. The molecule has 0 amide bonds. The predicted molar refractivity (Wildman–Crippen MR) is 66.0 cm³/mol. The van der Waals surface area contributed by atoms with Crippen molar-refractivity contribution in [2.75, 3.05) is 13.2 Å². The molecule has 1 fully saturated rings. The number of esters is 1. The summed E-state index contributed by atoms with van der Waals surface area (Å²) in [6.45, 7) is 1.32. The summed E-state index contributed by atoms with van der Waals surface area (Å²) < 4.78 is 15.9. The fourth-order valence-electron chi connectivity index (χ4n) is 2.41. The first-order valence-electron chi connectivity index (χ1n) is 6.49. The standard InChI is InChI=1S/C14H16O5/c15-13-7-9-6-10(3-4-12(9)14(16)19-13)18-8-11-2-1-5-17-11/h3-4,6,11,13,15H,1-2,5,7-8H2/t11-,13?/m1/s1. The second-order valence-electron chi connectivity index (χ2n) is 4.83. The Hall–Kier alpha value is -1.59. The van der Waals surface area contributed by atoms with Gasteiger partial charge in [0, 0.05) is 13.0 Å². The molecule has 19 heavy (non-hydrogen) atoms. The molecule has 0 aromatic heterocycles. The first kappa shape index (κ1) is 12.4. The minimum Gasteiger partial charge on any atom is -0.491 e. The lowest BCUT2D eigenvalue weighted by molar-refractivity contribution is -0.0687. The predicted octanol–water partition coefficient (Wildman–Crippen LogP) is 1.28. The maximum atomic E-state index is 11.5. The number of carbonyl (C=O) groups is 1. The maximum absolute atomic E-state index is 11.5. The molecule has 102 valence electrons. The second kappa shape index (κ2) is 5.19. The van der Waals surface area contributed by atoms with E-state index in [9.17, 15) is 9.90 Å². The zero-order chi connectivity index (χ0) is 13.2. The van der Waals surface area contributed by atoms with Gasteiger partial charge >= 0.3 is 5.97 Å². The van der Waals surface area contributed by atoms with Crippen molar-refractivity contribution in [3.8, 4) is 5.75 Å². The third kappa shape index (κ3) is 2.72. The Kier molecular flexibility index (Phi) is 3.40. The second-order valence-corrected chi connectivity index (χ2v) is 4.83. The molecule has 3 rings (SSSR count). The molecule has 1 aromatic carbocycles. The number of aliphatic hydroxyl groups excluding tert-OH is 1. The molecule has 2 aliphatic heterocycles. The number of hydrogen-bond donors (Lipinski definition) is 1. The van der Waals surface area contributed by atoms with Crippen LogP contribution in [0.2, 0.25) is 0 Å². The smallest absolute Gasteiger partial charge is 0.340 e. The van der Waals surface area contributed by atoms with Crippen LogP contribution < -0.4 is 4.74 Å². The Labute approximate surface area is 111 Å². The van der Waals surface area contributed by atoms with Crippen molar-refractivity contribution in [2.24, 2.45) is 0 Å². The van der Waals surface area contributed by atoms with Crippen molar-refractivity contribution in [3.05, 3.63) is 29.3 Å². The highest BCUT2D eigenvalue weighted by Crippen LogP contribution is 2.25. The molecule has 1 N–H and O–H groups in total. The maximum Gasteiger partial charge on any atom is 0.340 e. The summed E-state index contributed by atoms with van der Waals surface area (Å²) in [4.78, 5) is 11.5. The summed E-state index contributed by atoms with van der Waals surface area (Å²) in [5.41, 5.74) is 1.25. The van der Waals surface area contributed by atoms with Crippen molar-refractivity contribution in [2.45, 2.75) is 31.7 Å². The number of benzene rings is 1. The van der Waals surface area contributed by atoms with E-state index < -0.39 is 12.3 Å². The molecule has 0 radical (unpaired) electrons. The normalized spacial score (nSPS) is 25.8. The van der Waals surface area contributed by atoms with Gasteiger partial charge in [0.1, 0.15) is 12.4 Å². The van der Waals surface area contributed by atoms with Gasteiger partial charge in [0.25, 0.3) is 0 Å². The quantitative estimate of drug-likeness (QED) is 0.833. The molecular formula is C14H16O5. The molecular weight excluding hydrogens is 248 g/mol. The minimum atomic E-state index is -1.06. The summed E-state index contributed by atoms with van der Waals surface area (Å²) >= 11 is 0. The molecule has 5 nitrogen and oxygen atoms in total. The summed E-state index contributed by atoms with van der Waals surface area (Å²) in [6.07, 6.45) is 1.50. The van der Waals surface area contributed by atoms with Crippen LogP contribution in [0.25, 0.3) is 0 Å². The monoisotopic (exact) mass is 264 g/mol. The first-order chi connectivity index (χ1) is 9.22. The van der Waals surface area contributed by atoms with Gasteiger partial charge in [0.15, 0.2) is 0 Å². The van der Waals surface area contributed by atoms with Crippen LogP contribution in [0.15, 0.2) is 18.2 Å². The molecule has 0 saturated carbocycles. The zero-order valence-electron chi connectivity index (χ0n) is 10.5. The van der Waals surface area contributed by atoms with E-state index in [1.54, 1.807) is 18.2 Å². The summed E-state index contributed by atoms with van der Waals surface area (Å²) in [5.74, 6) is 0.204. The lowest BCUT2D eigenvalue weighted by Gasteiger charge is -2.21. The van der Waals surface area contributed by atoms with Crippen LogP contribution in [-0.2, 0) is 15.9 Å². The molecule has 0 aliphatic carbocycles. The Bertz CT molecular complexity index is 479. The highest BCUT2D eigenvalue weighted by Gasteiger charge is 2.25. The first-order valence-corrected chi connectivity index (χ1v) is 6.49. The molecule has 1 saturated heterocycles. The van der Waals surface area contributed by atoms with Gasteiger partial charge in [-0.3, -0.25) is 0 Å². The van der Waals surface area contributed by atoms with Crippen LogP contribution in [0.5, 0.6) is 5.75 Å². The lowest BCUT2D eigenvalue weighted by atomic mass is 10.0. The van der Waals surface area contributed by atoms with Gasteiger partial charge in [0.2, 0.25) is 6.29 Å². The number of fused-ring (bicyclic) bond motifs is 1. The fourth-order valence-corrected chi connectivity index (χ4v) is 2.41. The Balaban J connectivity index is 1.70. The van der Waals surface area contributed by atoms with Gasteiger partial charge in [-0.25, -0.2) is 4.79 Å². The number of cyclic esters (lactones) is 1. The van der Waals surface area contributed by atoms with Crippen molar-refractivity contribution >= 4 is 5.97 Å². The summed E-state index contributed by atoms with van der Waals surface area (Å²) in [6, 6.07) is 5.20. The van der Waals surface area contributed by atoms with Crippen LogP contribution in [0, 0.1) is 0 Å². The van der Waals surface area contributed by atoms with Gasteiger partial charge in [0.05, 0.1) is 11.7 Å². The molecule has 0 spiro atoms. The molecule has 2 heterocycles. The summed E-state index contributed by atoms with van der Waals surface area (Å²) in [5, 5.41) is 9.42. The number of ether oxygens (including phenoxy) is 3. The van der Waals surface area contributed by atoms with Crippen molar-refractivity contribution in [1.29, 1.82) is 0 Å². The SMILES string of the molecule is O=C1OC(O)Cc2cc(OC[C@H]3CCCO3)ccc21. The van der Waals surface area contributed by atoms with Gasteiger partial charge < -0.3 is 19.3 Å². The Morgan fingerprint density at radius 1 is 1.42 bits per heavy atom. The topological polar surface area (TPSA) is 65.0 Å². The van der Waals surface area contributed by atoms with E-state index in [-0.39, 0.29) is 6.10 Å². The fraction of sp³-hybridized carbons (Fsp3) is 0.500. The number of aliphatic hydroxyl groups is 1. The van der Waals surface area contributed by atoms with E-state index in [0.29, 0.717) is 24.3 Å². The molecule has 0 bridgehead atoms. The minimum absolute atomic E-state index is 0.159. The van der Waals surface area contributed by atoms with E-state index in [1.165, 1.54) is 0 Å². The summed E-state index contributed by atoms with van der Waals surface area (Å²) in [7, 11) is 0. The van der Waals surface area contributed by atoms with Crippen molar-refractivity contribution in [3.63, 3.8) is 0 Å². The zero-order valence-corrected chi connectivity index (χ0v) is 10.5. The highest BCUT2D eigenvalue weighted by molar-refractivity contribution is 5.92. The van der Waals surface area contributed by atoms with Crippen LogP contribution in [0.1, 0.15) is 28.8 Å². The highest BCUT2D eigenvalue weighted by atomic mass is 16.6. The molecule has 2 aliphatic rings. The third-order valence-electron chi connectivity index (χ3n) is 3.39. The van der Waals surface area contributed by atoms with Gasteiger partial charge in [-0.1, -0.05) is 0 Å². The van der Waals surface area contributed by atoms with Gasteiger partial charge in [-0.15, -0.1) is 0 Å². The lowest BCUT2D eigenvalue weighted by Crippen LogP contribution is -2.27. The van der Waals surface area contributed by atoms with E-state index in [1.807, 2.05) is 0 Å². The van der Waals surface area contributed by atoms with Gasteiger partial charge in [-0.05, 0) is 36.6 Å². The number of rotatable bonds is 3. The van der Waals surface area contributed by atoms with E-state index in [4.69, 9.17) is 14.2 Å². The number of hydrogen-bond acceptors (Lipinski definition) is 5. The molecule has 2 atom stereocenters. The number of carbonyl (C=O) groups excluding carboxylic acids is 1. The Morgan fingerprint density at radius 3 is 3.11 bits per heavy atom. The van der Waals surface area contributed by atoms with Gasteiger partial charge in [-0.2, -0.15) is 0 Å². The van der Waals surface area contributed by atoms with Crippen LogP contribution in [-0.4, -0.2) is 36.7 Å². The van der Waals surface area contributed by atoms with E-state index in [2.05, 4.69) is 0 Å².